The van der Waals surface area contributed by atoms with Crippen LogP contribution in [0, 0.1) is 11.6 Å². The Bertz CT molecular complexity index is 862. The van der Waals surface area contributed by atoms with E-state index in [1.54, 1.807) is 43.3 Å². The average Bonchev–Trinajstić information content (AvgIpc) is 3.06. The Kier molecular flexibility index (Phi) is 4.46. The smallest absolute Gasteiger partial charge is 0.163 e. The molecule has 0 unspecified atom stereocenters. The molecule has 0 atom stereocenters. The first-order valence-electron chi connectivity index (χ1n) is 7.31. The predicted octanol–water partition coefficient (Wildman–Crippen LogP) is 3.89. The Morgan fingerprint density at radius 3 is 2.54 bits per heavy atom. The minimum Gasteiger partial charge on any atom is -0.493 e. The number of hydrogen-bond donors (Lipinski definition) is 0. The lowest BCUT2D eigenvalue weighted by Crippen LogP contribution is -2.06. The Morgan fingerprint density at radius 1 is 1.00 bits per heavy atom. The van der Waals surface area contributed by atoms with Crippen LogP contribution in [-0.4, -0.2) is 24.0 Å². The van der Waals surface area contributed by atoms with Gasteiger partial charge >= 0.3 is 0 Å². The van der Waals surface area contributed by atoms with Crippen molar-refractivity contribution in [2.24, 2.45) is 0 Å². The van der Waals surface area contributed by atoms with Gasteiger partial charge in [-0.25, -0.2) is 8.78 Å². The zero-order valence-corrected chi connectivity index (χ0v) is 13.3. The van der Waals surface area contributed by atoms with E-state index in [1.165, 1.54) is 6.07 Å². The molecule has 6 heteroatoms. The highest BCUT2D eigenvalue weighted by atomic mass is 19.2. The van der Waals surface area contributed by atoms with Crippen molar-refractivity contribution in [3.63, 3.8) is 0 Å². The van der Waals surface area contributed by atoms with E-state index in [4.69, 9.17) is 9.47 Å². The molecule has 1 aromatic heterocycles. The highest BCUT2D eigenvalue weighted by molar-refractivity contribution is 5.64. The number of rotatable bonds is 5. The molecule has 3 aromatic rings. The molecule has 0 aliphatic carbocycles. The van der Waals surface area contributed by atoms with Gasteiger partial charge in [0.25, 0.3) is 0 Å². The van der Waals surface area contributed by atoms with Crippen LogP contribution in [-0.2, 0) is 6.54 Å². The maximum atomic E-state index is 13.9. The van der Waals surface area contributed by atoms with Crippen molar-refractivity contribution in [2.45, 2.75) is 6.54 Å². The molecule has 0 aliphatic heterocycles. The second kappa shape index (κ2) is 6.70. The lowest BCUT2D eigenvalue weighted by Gasteiger charge is -2.12. The summed E-state index contributed by atoms with van der Waals surface area (Å²) in [5.74, 6) is -0.526. The average molecular weight is 330 g/mol. The third-order valence-electron chi connectivity index (χ3n) is 3.75. The minimum atomic E-state index is -0.868. The number of nitrogens with zero attached hydrogens (tertiary/aromatic N) is 2. The molecule has 2 aromatic carbocycles. The molecule has 0 saturated heterocycles. The molecule has 24 heavy (non-hydrogen) atoms. The third-order valence-corrected chi connectivity index (χ3v) is 3.75. The first-order valence-corrected chi connectivity index (χ1v) is 7.31. The number of methoxy groups -OCH3 is 2. The van der Waals surface area contributed by atoms with Gasteiger partial charge in [-0.05, 0) is 30.3 Å². The minimum absolute atomic E-state index is 0.125. The number of halogens is 2. The largest absolute Gasteiger partial charge is 0.493 e. The maximum Gasteiger partial charge on any atom is 0.163 e. The molecule has 3 rings (SSSR count). The van der Waals surface area contributed by atoms with Crippen LogP contribution in [0.4, 0.5) is 8.78 Å². The summed E-state index contributed by atoms with van der Waals surface area (Å²) >= 11 is 0. The molecule has 0 N–H and O–H groups in total. The number of hydrogen-bond acceptors (Lipinski definition) is 3. The zero-order chi connectivity index (χ0) is 17.1. The second-order valence-corrected chi connectivity index (χ2v) is 5.16. The van der Waals surface area contributed by atoms with Crippen molar-refractivity contribution < 1.29 is 18.3 Å². The molecule has 0 bridgehead atoms. The van der Waals surface area contributed by atoms with Gasteiger partial charge in [0.05, 0.1) is 26.5 Å². The number of ether oxygens (including phenoxy) is 2. The van der Waals surface area contributed by atoms with E-state index in [2.05, 4.69) is 5.10 Å². The summed E-state index contributed by atoms with van der Waals surface area (Å²) in [5.41, 5.74) is 1.84. The Labute approximate surface area is 138 Å². The highest BCUT2D eigenvalue weighted by Crippen LogP contribution is 2.32. The lowest BCUT2D eigenvalue weighted by molar-refractivity contribution is 0.355. The molecule has 0 spiro atoms. The molecule has 4 nitrogen and oxygen atoms in total. The molecule has 0 amide bonds. The Hall–Kier alpha value is -2.89. The Balaban J connectivity index is 1.97. The maximum absolute atomic E-state index is 13.9. The number of benzene rings is 2. The van der Waals surface area contributed by atoms with Crippen LogP contribution in [0.3, 0.4) is 0 Å². The predicted molar refractivity (Wildman–Crippen MR) is 86.2 cm³/mol. The fourth-order valence-corrected chi connectivity index (χ4v) is 2.53. The third kappa shape index (κ3) is 2.95. The molecule has 0 saturated carbocycles. The van der Waals surface area contributed by atoms with Gasteiger partial charge in [-0.3, -0.25) is 4.68 Å². The highest BCUT2D eigenvalue weighted by Gasteiger charge is 2.13. The van der Waals surface area contributed by atoms with E-state index in [9.17, 15) is 8.78 Å². The normalized spacial score (nSPS) is 10.7. The zero-order valence-electron chi connectivity index (χ0n) is 13.3. The van der Waals surface area contributed by atoms with Crippen molar-refractivity contribution >= 4 is 0 Å². The van der Waals surface area contributed by atoms with Gasteiger partial charge in [0, 0.05) is 17.3 Å². The fourth-order valence-electron chi connectivity index (χ4n) is 2.53. The summed E-state index contributed by atoms with van der Waals surface area (Å²) in [4.78, 5) is 0. The molecular formula is C18H16F2N2O2. The van der Waals surface area contributed by atoms with E-state index < -0.39 is 11.6 Å². The summed E-state index contributed by atoms with van der Waals surface area (Å²) < 4.78 is 39.4. The van der Waals surface area contributed by atoms with Crippen LogP contribution >= 0.6 is 0 Å². The standard InChI is InChI=1S/C18H16F2N2O2/c1-23-16-7-6-12(10-17(16)24-2)15-8-9-21-22(15)11-13-4-3-5-14(19)18(13)20/h3-10H,11H2,1-2H3. The summed E-state index contributed by atoms with van der Waals surface area (Å²) in [6, 6.07) is 11.4. The monoisotopic (exact) mass is 330 g/mol. The van der Waals surface area contributed by atoms with Crippen LogP contribution in [0.25, 0.3) is 11.3 Å². The van der Waals surface area contributed by atoms with Crippen LogP contribution < -0.4 is 9.47 Å². The summed E-state index contributed by atoms with van der Waals surface area (Å²) in [7, 11) is 3.12. The van der Waals surface area contributed by atoms with Gasteiger partial charge in [0.15, 0.2) is 23.1 Å². The summed E-state index contributed by atoms with van der Waals surface area (Å²) in [6.07, 6.45) is 1.61. The first-order chi connectivity index (χ1) is 11.6. The van der Waals surface area contributed by atoms with Gasteiger partial charge < -0.3 is 9.47 Å². The fraction of sp³-hybridized carbons (Fsp3) is 0.167. The van der Waals surface area contributed by atoms with Crippen LogP contribution in [0.1, 0.15) is 5.56 Å². The van der Waals surface area contributed by atoms with Crippen LogP contribution in [0.2, 0.25) is 0 Å². The van der Waals surface area contributed by atoms with Gasteiger partial charge in [0.2, 0.25) is 0 Å². The van der Waals surface area contributed by atoms with Gasteiger partial charge in [-0.15, -0.1) is 0 Å². The van der Waals surface area contributed by atoms with Crippen molar-refractivity contribution in [1.29, 1.82) is 0 Å². The van der Waals surface area contributed by atoms with Crippen molar-refractivity contribution in [3.05, 3.63) is 65.9 Å². The van der Waals surface area contributed by atoms with E-state index in [0.29, 0.717) is 11.5 Å². The molecule has 0 aliphatic rings. The van der Waals surface area contributed by atoms with Crippen molar-refractivity contribution in [3.8, 4) is 22.8 Å². The van der Waals surface area contributed by atoms with E-state index in [-0.39, 0.29) is 12.1 Å². The second-order valence-electron chi connectivity index (χ2n) is 5.16. The number of aromatic nitrogens is 2. The Morgan fingerprint density at radius 2 is 1.79 bits per heavy atom. The first kappa shape index (κ1) is 16.0. The summed E-state index contributed by atoms with van der Waals surface area (Å²) in [5, 5.41) is 4.21. The van der Waals surface area contributed by atoms with Crippen LogP contribution in [0.15, 0.2) is 48.7 Å². The quantitative estimate of drug-likeness (QED) is 0.712. The topological polar surface area (TPSA) is 36.3 Å². The van der Waals surface area contributed by atoms with Gasteiger partial charge in [0.1, 0.15) is 0 Å². The van der Waals surface area contributed by atoms with Gasteiger partial charge in [-0.2, -0.15) is 5.10 Å². The molecular weight excluding hydrogens is 314 g/mol. The summed E-state index contributed by atoms with van der Waals surface area (Å²) in [6.45, 7) is 0.125. The molecule has 1 heterocycles. The molecule has 124 valence electrons. The van der Waals surface area contributed by atoms with E-state index >= 15 is 0 Å². The van der Waals surface area contributed by atoms with E-state index in [0.717, 1.165) is 17.3 Å². The van der Waals surface area contributed by atoms with Crippen molar-refractivity contribution in [2.75, 3.05) is 14.2 Å². The lowest BCUT2D eigenvalue weighted by atomic mass is 10.1. The van der Waals surface area contributed by atoms with Crippen LogP contribution in [0.5, 0.6) is 11.5 Å². The molecule has 0 fully saturated rings. The molecule has 0 radical (unpaired) electrons. The van der Waals surface area contributed by atoms with Gasteiger partial charge in [-0.1, -0.05) is 12.1 Å². The SMILES string of the molecule is COc1ccc(-c2ccnn2Cc2cccc(F)c2F)cc1OC. The van der Waals surface area contributed by atoms with Crippen molar-refractivity contribution in [1.82, 2.24) is 9.78 Å². The van der Waals surface area contributed by atoms with E-state index in [1.807, 2.05) is 12.1 Å².